The molecule has 0 saturated carbocycles. The molecule has 220 valence electrons. The molecule has 5 rings (SSSR count). The van der Waals surface area contributed by atoms with Crippen molar-refractivity contribution >= 4 is 35.9 Å². The quantitative estimate of drug-likeness (QED) is 0.120. The number of ether oxygens (including phenoxy) is 1. The number of halogens is 1. The molecule has 1 heterocycles. The standard InChI is InChI=1S/C34H34FN5O2S/c1-36-33(28-13-9-26(10-14-28)24-42-32-8-3-2-7-31(32)35)39-37-22-25-11-15-30(16-12-25)38-34(41)29-6-4-5-27(21-29)23-40-17-19-43-20-18-40/h2-16,21,37H,1,17-20,22-24H2,(H,38,41)/b39-33-. The van der Waals surface area contributed by atoms with Crippen molar-refractivity contribution in [2.45, 2.75) is 19.7 Å². The van der Waals surface area contributed by atoms with Crippen LogP contribution in [-0.2, 0) is 19.7 Å². The number of nitrogens with zero attached hydrogens (tertiary/aromatic N) is 3. The average molecular weight is 596 g/mol. The van der Waals surface area contributed by atoms with E-state index in [0.717, 1.165) is 59.1 Å². The van der Waals surface area contributed by atoms with Gasteiger partial charge in [-0.3, -0.25) is 9.69 Å². The zero-order valence-corrected chi connectivity index (χ0v) is 24.7. The zero-order chi connectivity index (χ0) is 29.9. The molecule has 4 aromatic carbocycles. The van der Waals surface area contributed by atoms with Crippen LogP contribution in [0.2, 0.25) is 0 Å². The lowest BCUT2D eigenvalue weighted by atomic mass is 10.1. The Bertz CT molecular complexity index is 1550. The molecule has 4 aromatic rings. The monoisotopic (exact) mass is 595 g/mol. The van der Waals surface area contributed by atoms with E-state index in [1.807, 2.05) is 78.5 Å². The van der Waals surface area contributed by atoms with Gasteiger partial charge in [0.25, 0.3) is 5.91 Å². The SMILES string of the molecule is C=N/C(=N\NCc1ccc(NC(=O)c2cccc(CN3CCSCC3)c2)cc1)c1ccc(COc2ccccc2F)cc1. The first kappa shape index (κ1) is 30.0. The van der Waals surface area contributed by atoms with E-state index in [0.29, 0.717) is 17.9 Å². The molecule has 1 fully saturated rings. The lowest BCUT2D eigenvalue weighted by Crippen LogP contribution is -2.32. The number of rotatable bonds is 11. The third kappa shape index (κ3) is 8.76. The van der Waals surface area contributed by atoms with E-state index in [4.69, 9.17) is 4.74 Å². The molecule has 2 N–H and O–H groups in total. The number of amidine groups is 1. The summed E-state index contributed by atoms with van der Waals surface area (Å²) < 4.78 is 19.3. The third-order valence-electron chi connectivity index (χ3n) is 6.97. The number of hydrogen-bond acceptors (Lipinski definition) is 6. The van der Waals surface area contributed by atoms with Gasteiger partial charge in [0.2, 0.25) is 0 Å². The van der Waals surface area contributed by atoms with Crippen molar-refractivity contribution < 1.29 is 13.9 Å². The number of hydrogen-bond donors (Lipinski definition) is 2. The molecule has 0 atom stereocenters. The number of carbonyl (C=O) groups excluding carboxylic acids is 1. The van der Waals surface area contributed by atoms with E-state index < -0.39 is 5.82 Å². The second-order valence-electron chi connectivity index (χ2n) is 10.1. The number of nitrogens with one attached hydrogen (secondary N) is 2. The van der Waals surface area contributed by atoms with Gasteiger partial charge in [-0.05, 0) is 59.8 Å². The van der Waals surface area contributed by atoms with E-state index in [1.54, 1.807) is 18.2 Å². The number of hydrazone groups is 1. The Balaban J connectivity index is 1.10. The first-order chi connectivity index (χ1) is 21.1. The fraction of sp³-hybridized carbons (Fsp3) is 0.206. The normalized spacial score (nSPS) is 13.7. The Morgan fingerprint density at radius 1 is 0.884 bits per heavy atom. The van der Waals surface area contributed by atoms with E-state index in [-0.39, 0.29) is 18.3 Å². The first-order valence-corrected chi connectivity index (χ1v) is 15.3. The average Bonchev–Trinajstić information content (AvgIpc) is 3.04. The highest BCUT2D eigenvalue weighted by Gasteiger charge is 2.13. The fourth-order valence-corrected chi connectivity index (χ4v) is 5.59. The van der Waals surface area contributed by atoms with Crippen LogP contribution in [0.5, 0.6) is 5.75 Å². The minimum atomic E-state index is -0.390. The molecule has 43 heavy (non-hydrogen) atoms. The fourth-order valence-electron chi connectivity index (χ4n) is 4.61. The maximum absolute atomic E-state index is 13.8. The zero-order valence-electron chi connectivity index (χ0n) is 23.8. The highest BCUT2D eigenvalue weighted by atomic mass is 32.2. The summed E-state index contributed by atoms with van der Waals surface area (Å²) in [6.07, 6.45) is 0. The maximum Gasteiger partial charge on any atom is 0.255 e. The molecule has 0 unspecified atom stereocenters. The summed E-state index contributed by atoms with van der Waals surface area (Å²) >= 11 is 1.99. The first-order valence-electron chi connectivity index (χ1n) is 14.1. The lowest BCUT2D eigenvalue weighted by molar-refractivity contribution is 0.102. The summed E-state index contributed by atoms with van der Waals surface area (Å²) in [5.74, 6) is 2.47. The number of para-hydroxylation sites is 1. The minimum Gasteiger partial charge on any atom is -0.486 e. The van der Waals surface area contributed by atoms with Gasteiger partial charge >= 0.3 is 0 Å². The summed E-state index contributed by atoms with van der Waals surface area (Å²) in [5, 5.41) is 7.38. The van der Waals surface area contributed by atoms with E-state index in [9.17, 15) is 9.18 Å². The Morgan fingerprint density at radius 2 is 1.63 bits per heavy atom. The Morgan fingerprint density at radius 3 is 2.37 bits per heavy atom. The summed E-state index contributed by atoms with van der Waals surface area (Å²) in [6.45, 7) is 7.39. The molecule has 1 amide bonds. The predicted octanol–water partition coefficient (Wildman–Crippen LogP) is 6.36. The predicted molar refractivity (Wildman–Crippen MR) is 174 cm³/mol. The number of amides is 1. The van der Waals surface area contributed by atoms with Gasteiger partial charge < -0.3 is 15.5 Å². The number of aliphatic imine (C=N–C) groups is 1. The van der Waals surface area contributed by atoms with Crippen molar-refractivity contribution in [2.24, 2.45) is 10.1 Å². The molecule has 0 spiro atoms. The molecular weight excluding hydrogens is 561 g/mol. The van der Waals surface area contributed by atoms with Gasteiger partial charge in [-0.1, -0.05) is 60.7 Å². The van der Waals surface area contributed by atoms with E-state index >= 15 is 0 Å². The van der Waals surface area contributed by atoms with Gasteiger partial charge in [0, 0.05) is 48.0 Å². The van der Waals surface area contributed by atoms with E-state index in [2.05, 4.69) is 38.5 Å². The summed E-state index contributed by atoms with van der Waals surface area (Å²) in [4.78, 5) is 19.4. The molecule has 7 nitrogen and oxygen atoms in total. The largest absolute Gasteiger partial charge is 0.486 e. The summed E-state index contributed by atoms with van der Waals surface area (Å²) in [5.41, 5.74) is 8.24. The molecule has 1 aliphatic heterocycles. The van der Waals surface area contributed by atoms with E-state index in [1.165, 1.54) is 6.07 Å². The smallest absolute Gasteiger partial charge is 0.255 e. The molecule has 1 saturated heterocycles. The molecule has 1 aliphatic rings. The highest BCUT2D eigenvalue weighted by Crippen LogP contribution is 2.18. The van der Waals surface area contributed by atoms with Crippen molar-refractivity contribution in [1.29, 1.82) is 0 Å². The van der Waals surface area contributed by atoms with Crippen molar-refractivity contribution in [3.63, 3.8) is 0 Å². The van der Waals surface area contributed by atoms with Gasteiger partial charge in [0.1, 0.15) is 6.61 Å². The lowest BCUT2D eigenvalue weighted by Gasteiger charge is -2.26. The van der Waals surface area contributed by atoms with Gasteiger partial charge in [-0.15, -0.1) is 0 Å². The van der Waals surface area contributed by atoms with Crippen LogP contribution >= 0.6 is 11.8 Å². The van der Waals surface area contributed by atoms with Crippen LogP contribution in [0.15, 0.2) is 107 Å². The van der Waals surface area contributed by atoms with Crippen LogP contribution in [0, 0.1) is 5.82 Å². The molecule has 0 aromatic heterocycles. The number of anilines is 1. The van der Waals surface area contributed by atoms with Crippen molar-refractivity contribution in [1.82, 2.24) is 10.3 Å². The molecule has 0 aliphatic carbocycles. The van der Waals surface area contributed by atoms with Crippen LogP contribution in [0.25, 0.3) is 0 Å². The number of thioether (sulfide) groups is 1. The van der Waals surface area contributed by atoms with Gasteiger partial charge in [0.15, 0.2) is 17.4 Å². The highest BCUT2D eigenvalue weighted by molar-refractivity contribution is 7.99. The van der Waals surface area contributed by atoms with Crippen molar-refractivity contribution in [3.05, 3.63) is 131 Å². The van der Waals surface area contributed by atoms with Crippen LogP contribution in [0.1, 0.15) is 32.6 Å². The van der Waals surface area contributed by atoms with Gasteiger partial charge in [0.05, 0.1) is 6.54 Å². The topological polar surface area (TPSA) is 78.3 Å². The number of carbonyl (C=O) groups is 1. The Labute approximate surface area is 255 Å². The van der Waals surface area contributed by atoms with Crippen LogP contribution < -0.4 is 15.5 Å². The maximum atomic E-state index is 13.8. The second-order valence-corrected chi connectivity index (χ2v) is 11.3. The van der Waals surface area contributed by atoms with Gasteiger partial charge in [-0.2, -0.15) is 16.9 Å². The molecule has 9 heteroatoms. The van der Waals surface area contributed by atoms with Crippen LogP contribution in [0.3, 0.4) is 0 Å². The molecule has 0 bridgehead atoms. The van der Waals surface area contributed by atoms with Crippen LogP contribution in [-0.4, -0.2) is 48.0 Å². The molecule has 0 radical (unpaired) electrons. The Kier molecular flexibility index (Phi) is 10.6. The third-order valence-corrected chi connectivity index (χ3v) is 7.91. The molecular formula is C34H34FN5O2S. The number of benzene rings is 4. The van der Waals surface area contributed by atoms with Crippen molar-refractivity contribution in [2.75, 3.05) is 29.9 Å². The second kappa shape index (κ2) is 15.1. The summed E-state index contributed by atoms with van der Waals surface area (Å²) in [7, 11) is 0. The van der Waals surface area contributed by atoms with Crippen molar-refractivity contribution in [3.8, 4) is 5.75 Å². The Hall–Kier alpha value is -4.47. The van der Waals surface area contributed by atoms with Crippen LogP contribution in [0.4, 0.5) is 10.1 Å². The minimum absolute atomic E-state index is 0.127. The summed E-state index contributed by atoms with van der Waals surface area (Å²) in [6, 6.07) is 29.3. The van der Waals surface area contributed by atoms with Gasteiger partial charge in [-0.25, -0.2) is 9.38 Å².